The summed E-state index contributed by atoms with van der Waals surface area (Å²) in [5.41, 5.74) is -0.600. The molecule has 0 spiro atoms. The summed E-state index contributed by atoms with van der Waals surface area (Å²) in [4.78, 5) is 46.0. The molecule has 0 unspecified atom stereocenters. The van der Waals surface area contributed by atoms with E-state index in [1.54, 1.807) is 6.92 Å². The van der Waals surface area contributed by atoms with Crippen molar-refractivity contribution in [2.75, 3.05) is 41.0 Å². The van der Waals surface area contributed by atoms with Crippen molar-refractivity contribution in [1.82, 2.24) is 21.3 Å². The minimum absolute atomic E-state index is 0.110. The van der Waals surface area contributed by atoms with E-state index in [0.29, 0.717) is 44.9 Å². The van der Waals surface area contributed by atoms with Crippen LogP contribution in [0.2, 0.25) is 0 Å². The zero-order valence-corrected chi connectivity index (χ0v) is 18.4. The largest absolute Gasteiger partial charge is 0.450 e. The molecule has 0 rings (SSSR count). The first kappa shape index (κ1) is 27.3. The molecule has 11 heteroatoms. The van der Waals surface area contributed by atoms with Crippen molar-refractivity contribution in [2.24, 2.45) is 0 Å². The third-order valence-corrected chi connectivity index (χ3v) is 4.44. The Hall–Kier alpha value is -2.72. The van der Waals surface area contributed by atoms with Crippen LogP contribution in [0.1, 0.15) is 51.9 Å². The average molecular weight is 433 g/mol. The van der Waals surface area contributed by atoms with Gasteiger partial charge < -0.3 is 35.5 Å². The van der Waals surface area contributed by atoms with Gasteiger partial charge in [0.05, 0.1) is 19.8 Å². The van der Waals surface area contributed by atoms with Gasteiger partial charge >= 0.3 is 18.3 Å². The van der Waals surface area contributed by atoms with Crippen molar-refractivity contribution in [3.05, 3.63) is 0 Å². The number of carbonyl (C=O) groups excluding carboxylic acids is 4. The van der Waals surface area contributed by atoms with Gasteiger partial charge in [-0.2, -0.15) is 0 Å². The smallest absolute Gasteiger partial charge is 0.406 e. The lowest BCUT2D eigenvalue weighted by molar-refractivity contribution is -0.123. The van der Waals surface area contributed by atoms with Gasteiger partial charge in [-0.3, -0.25) is 4.79 Å². The van der Waals surface area contributed by atoms with Gasteiger partial charge in [-0.15, -0.1) is 0 Å². The van der Waals surface area contributed by atoms with E-state index < -0.39 is 23.8 Å². The van der Waals surface area contributed by atoms with E-state index in [4.69, 9.17) is 14.2 Å². The number of hydrogen-bond acceptors (Lipinski definition) is 7. The summed E-state index contributed by atoms with van der Waals surface area (Å²) in [6, 6.07) is 0. The van der Waals surface area contributed by atoms with E-state index in [1.165, 1.54) is 21.1 Å². The molecule has 0 aromatic rings. The maximum Gasteiger partial charge on any atom is 0.406 e. The van der Waals surface area contributed by atoms with E-state index >= 15 is 0 Å². The van der Waals surface area contributed by atoms with Crippen molar-refractivity contribution < 1.29 is 33.4 Å². The molecule has 0 aromatic heterocycles. The second-order valence-corrected chi connectivity index (χ2v) is 6.65. The molecule has 0 saturated carbocycles. The molecule has 11 nitrogen and oxygen atoms in total. The van der Waals surface area contributed by atoms with Gasteiger partial charge in [-0.25, -0.2) is 14.4 Å². The lowest BCUT2D eigenvalue weighted by Gasteiger charge is -2.35. The van der Waals surface area contributed by atoms with Crippen LogP contribution in [0.25, 0.3) is 0 Å². The van der Waals surface area contributed by atoms with Crippen molar-refractivity contribution >= 4 is 24.2 Å². The molecule has 0 radical (unpaired) electrons. The SMILES string of the molecule is CCC(=O)NC(CCCOC(=O)NC)(CCCOC(=O)NC)CCCOC(=O)NC. The zero-order valence-electron chi connectivity index (χ0n) is 18.4. The van der Waals surface area contributed by atoms with Crippen LogP contribution in [0.4, 0.5) is 14.4 Å². The highest BCUT2D eigenvalue weighted by Gasteiger charge is 2.30. The van der Waals surface area contributed by atoms with E-state index in [-0.39, 0.29) is 25.7 Å². The van der Waals surface area contributed by atoms with Crippen LogP contribution < -0.4 is 21.3 Å². The third-order valence-electron chi connectivity index (χ3n) is 4.44. The molecular formula is C19H36N4O7. The standard InChI is InChI=1S/C19H36N4O7/c1-5-15(24)23-19(9-6-12-28-16(25)20-2,10-7-13-29-17(26)21-3)11-8-14-30-18(27)22-4/h5-14H2,1-4H3,(H,20,25)(H,21,26)(H,22,27)(H,23,24). The predicted molar refractivity (Wildman–Crippen MR) is 110 cm³/mol. The van der Waals surface area contributed by atoms with Crippen LogP contribution in [-0.4, -0.2) is 70.7 Å². The summed E-state index contributed by atoms with van der Waals surface area (Å²) in [5.74, 6) is -0.110. The van der Waals surface area contributed by atoms with E-state index in [0.717, 1.165) is 0 Å². The first-order valence-corrected chi connectivity index (χ1v) is 10.2. The maximum absolute atomic E-state index is 12.2. The summed E-state index contributed by atoms with van der Waals surface area (Å²) in [5, 5.41) is 10.2. The molecule has 30 heavy (non-hydrogen) atoms. The Balaban J connectivity index is 5.03. The zero-order chi connectivity index (χ0) is 22.8. The number of rotatable bonds is 14. The lowest BCUT2D eigenvalue weighted by Crippen LogP contribution is -2.49. The molecule has 0 aliphatic carbocycles. The molecule has 0 bridgehead atoms. The van der Waals surface area contributed by atoms with Gasteiger partial charge in [-0.1, -0.05) is 6.92 Å². The Bertz CT molecular complexity index is 483. The summed E-state index contributed by atoms with van der Waals surface area (Å²) in [6.07, 6.45) is 2.02. The molecule has 0 atom stereocenters. The molecular weight excluding hydrogens is 396 g/mol. The molecule has 4 N–H and O–H groups in total. The van der Waals surface area contributed by atoms with Gasteiger partial charge in [0.15, 0.2) is 0 Å². The topological polar surface area (TPSA) is 144 Å². The van der Waals surface area contributed by atoms with Crippen LogP contribution in [0, 0.1) is 0 Å². The van der Waals surface area contributed by atoms with Crippen LogP contribution in [0.15, 0.2) is 0 Å². The lowest BCUT2D eigenvalue weighted by atomic mass is 9.83. The van der Waals surface area contributed by atoms with E-state index in [2.05, 4.69) is 21.3 Å². The normalized spacial score (nSPS) is 10.5. The molecule has 4 amide bonds. The molecule has 0 saturated heterocycles. The predicted octanol–water partition coefficient (Wildman–Crippen LogP) is 1.66. The quantitative estimate of drug-likeness (QED) is 0.241. The number of alkyl carbamates (subject to hydrolysis) is 3. The Morgan fingerprint density at radius 1 is 0.667 bits per heavy atom. The van der Waals surface area contributed by atoms with Gasteiger partial charge in [0.25, 0.3) is 0 Å². The first-order valence-electron chi connectivity index (χ1n) is 10.2. The highest BCUT2D eigenvalue weighted by Crippen LogP contribution is 2.26. The Labute approximate surface area is 177 Å². The average Bonchev–Trinajstić information content (AvgIpc) is 2.76. The Morgan fingerprint density at radius 2 is 1.00 bits per heavy atom. The number of nitrogens with one attached hydrogen (secondary N) is 4. The fourth-order valence-corrected chi connectivity index (χ4v) is 2.89. The first-order chi connectivity index (χ1) is 14.3. The Morgan fingerprint density at radius 3 is 1.27 bits per heavy atom. The molecule has 174 valence electrons. The Kier molecular flexibility index (Phi) is 14.7. The van der Waals surface area contributed by atoms with Gasteiger partial charge in [0.2, 0.25) is 5.91 Å². The van der Waals surface area contributed by atoms with Gasteiger partial charge in [0, 0.05) is 33.1 Å². The number of amides is 4. The fourth-order valence-electron chi connectivity index (χ4n) is 2.89. The fraction of sp³-hybridized carbons (Fsp3) is 0.789. The summed E-state index contributed by atoms with van der Waals surface area (Å²) in [6.45, 7) is 2.37. The third kappa shape index (κ3) is 12.7. The maximum atomic E-state index is 12.2. The van der Waals surface area contributed by atoms with Crippen molar-refractivity contribution in [1.29, 1.82) is 0 Å². The van der Waals surface area contributed by atoms with Crippen LogP contribution in [-0.2, 0) is 19.0 Å². The summed E-state index contributed by atoms with van der Waals surface area (Å²) in [7, 11) is 4.44. The molecule has 0 heterocycles. The van der Waals surface area contributed by atoms with Crippen LogP contribution in [0.5, 0.6) is 0 Å². The van der Waals surface area contributed by atoms with Crippen molar-refractivity contribution in [2.45, 2.75) is 57.4 Å². The van der Waals surface area contributed by atoms with Crippen molar-refractivity contribution in [3.63, 3.8) is 0 Å². The second-order valence-electron chi connectivity index (χ2n) is 6.65. The second kappa shape index (κ2) is 16.1. The summed E-state index contributed by atoms with van der Waals surface area (Å²) < 4.78 is 15.1. The van der Waals surface area contributed by atoms with E-state index in [1.807, 2.05) is 0 Å². The van der Waals surface area contributed by atoms with Crippen LogP contribution in [0.3, 0.4) is 0 Å². The van der Waals surface area contributed by atoms with Gasteiger partial charge in [-0.05, 0) is 38.5 Å². The molecule has 0 aliphatic rings. The van der Waals surface area contributed by atoms with Gasteiger partial charge in [0.1, 0.15) is 0 Å². The number of hydrogen-bond donors (Lipinski definition) is 4. The minimum Gasteiger partial charge on any atom is -0.450 e. The monoisotopic (exact) mass is 432 g/mol. The molecule has 0 fully saturated rings. The summed E-state index contributed by atoms with van der Waals surface area (Å²) >= 11 is 0. The highest BCUT2D eigenvalue weighted by atomic mass is 16.6. The molecule has 0 aliphatic heterocycles. The van der Waals surface area contributed by atoms with E-state index in [9.17, 15) is 19.2 Å². The number of ether oxygens (including phenoxy) is 3. The number of carbonyl (C=O) groups is 4. The van der Waals surface area contributed by atoms with Crippen LogP contribution >= 0.6 is 0 Å². The minimum atomic E-state index is -0.600. The van der Waals surface area contributed by atoms with Crippen molar-refractivity contribution in [3.8, 4) is 0 Å². The highest BCUT2D eigenvalue weighted by molar-refractivity contribution is 5.76. The molecule has 0 aromatic carbocycles.